The maximum Gasteiger partial charge on any atom is 0.264 e. The average Bonchev–Trinajstić information content (AvgIpc) is 3.15. The number of likely N-dealkylation sites (tertiary alicyclic amines) is 1. The van der Waals surface area contributed by atoms with Gasteiger partial charge < -0.3 is 9.64 Å². The number of thioether (sulfide) groups is 1. The normalized spacial score (nSPS) is 23.9. The smallest absolute Gasteiger partial charge is 0.264 e. The number of aromatic nitrogens is 3. The van der Waals surface area contributed by atoms with Crippen molar-refractivity contribution in [2.24, 2.45) is 0 Å². The predicted molar refractivity (Wildman–Crippen MR) is 86.5 cm³/mol. The van der Waals surface area contributed by atoms with Gasteiger partial charge in [0.05, 0.1) is 6.04 Å². The van der Waals surface area contributed by atoms with Crippen LogP contribution in [-0.2, 0) is 4.79 Å². The van der Waals surface area contributed by atoms with Crippen LogP contribution in [0.3, 0.4) is 0 Å². The first-order chi connectivity index (χ1) is 11.3. The number of piperidine rings is 1. The highest BCUT2D eigenvalue weighted by Crippen LogP contribution is 2.35. The van der Waals surface area contributed by atoms with Crippen molar-refractivity contribution in [2.75, 3.05) is 18.8 Å². The molecule has 7 heteroatoms. The Morgan fingerprint density at radius 1 is 1.35 bits per heavy atom. The Labute approximate surface area is 138 Å². The molecule has 0 N–H and O–H groups in total. The van der Waals surface area contributed by atoms with E-state index in [1.54, 1.807) is 24.4 Å². The van der Waals surface area contributed by atoms with Gasteiger partial charge in [0, 0.05) is 23.7 Å². The quantitative estimate of drug-likeness (QED) is 0.843. The minimum absolute atomic E-state index is 0.0804. The largest absolute Gasteiger partial charge is 0.479 e. The van der Waals surface area contributed by atoms with Crippen molar-refractivity contribution in [3.05, 3.63) is 36.9 Å². The van der Waals surface area contributed by atoms with Crippen molar-refractivity contribution >= 4 is 17.7 Å². The van der Waals surface area contributed by atoms with Crippen LogP contribution in [0, 0.1) is 0 Å². The molecule has 120 valence electrons. The molecule has 2 aromatic rings. The van der Waals surface area contributed by atoms with Crippen molar-refractivity contribution in [3.8, 4) is 5.75 Å². The van der Waals surface area contributed by atoms with Crippen LogP contribution in [0.2, 0.25) is 0 Å². The summed E-state index contributed by atoms with van der Waals surface area (Å²) in [4.78, 5) is 19.8. The van der Waals surface area contributed by atoms with E-state index < -0.39 is 6.10 Å². The summed E-state index contributed by atoms with van der Waals surface area (Å²) in [7, 11) is 0. The number of hydrogen-bond donors (Lipinski definition) is 0. The monoisotopic (exact) mass is 330 g/mol. The molecule has 0 bridgehead atoms. The van der Waals surface area contributed by atoms with E-state index in [1.165, 1.54) is 0 Å². The molecule has 0 aliphatic carbocycles. The van der Waals surface area contributed by atoms with E-state index in [-0.39, 0.29) is 11.9 Å². The molecule has 2 atom stereocenters. The summed E-state index contributed by atoms with van der Waals surface area (Å²) in [6.07, 6.45) is 4.87. The lowest BCUT2D eigenvalue weighted by molar-refractivity contribution is -0.139. The third kappa shape index (κ3) is 2.93. The van der Waals surface area contributed by atoms with Gasteiger partial charge in [-0.1, -0.05) is 12.1 Å². The number of rotatable bonds is 2. The number of para-hydroxylation sites is 1. The number of carbonyl (C=O) groups excluding carboxylic acids is 1. The molecule has 1 saturated heterocycles. The lowest BCUT2D eigenvalue weighted by atomic mass is 10.1. The van der Waals surface area contributed by atoms with E-state index in [9.17, 15) is 4.79 Å². The second-order valence-electron chi connectivity index (χ2n) is 5.82. The first-order valence-corrected chi connectivity index (χ1v) is 8.81. The Bertz CT molecular complexity index is 691. The van der Waals surface area contributed by atoms with Gasteiger partial charge in [0.25, 0.3) is 5.91 Å². The van der Waals surface area contributed by atoms with Crippen LogP contribution in [0.25, 0.3) is 0 Å². The van der Waals surface area contributed by atoms with Crippen molar-refractivity contribution in [2.45, 2.75) is 29.9 Å². The number of ether oxygens (including phenoxy) is 1. The van der Waals surface area contributed by atoms with E-state index in [0.717, 1.165) is 30.0 Å². The average molecular weight is 330 g/mol. The van der Waals surface area contributed by atoms with E-state index in [2.05, 4.69) is 10.1 Å². The molecular formula is C16H18N4O2S. The summed E-state index contributed by atoms with van der Waals surface area (Å²) in [5.41, 5.74) is 0. The summed E-state index contributed by atoms with van der Waals surface area (Å²) in [6.45, 7) is 1.46. The molecule has 0 unspecified atom stereocenters. The Balaban J connectivity index is 1.45. The molecular weight excluding hydrogens is 312 g/mol. The highest BCUT2D eigenvalue weighted by Gasteiger charge is 2.33. The van der Waals surface area contributed by atoms with Crippen LogP contribution < -0.4 is 4.74 Å². The molecule has 4 rings (SSSR count). The Morgan fingerprint density at radius 2 is 2.26 bits per heavy atom. The van der Waals surface area contributed by atoms with Gasteiger partial charge in [-0.3, -0.25) is 4.79 Å². The number of carbonyl (C=O) groups is 1. The molecule has 2 aliphatic rings. The third-order valence-electron chi connectivity index (χ3n) is 4.30. The zero-order valence-corrected chi connectivity index (χ0v) is 13.5. The minimum atomic E-state index is -0.399. The number of benzene rings is 1. The second kappa shape index (κ2) is 6.23. The van der Waals surface area contributed by atoms with Crippen molar-refractivity contribution < 1.29 is 9.53 Å². The first kappa shape index (κ1) is 14.6. The molecule has 0 radical (unpaired) electrons. The molecule has 0 spiro atoms. The van der Waals surface area contributed by atoms with Crippen LogP contribution in [0.4, 0.5) is 0 Å². The van der Waals surface area contributed by atoms with Crippen LogP contribution in [0.15, 0.2) is 41.8 Å². The summed E-state index contributed by atoms with van der Waals surface area (Å²) in [5, 5.41) is 4.21. The second-order valence-corrected chi connectivity index (χ2v) is 6.88. The van der Waals surface area contributed by atoms with Crippen molar-refractivity contribution in [1.29, 1.82) is 0 Å². The number of fused-ring (bicyclic) bond motifs is 1. The SMILES string of the molecule is O=C([C@H]1CSc2ccccc2O1)N1CCC[C@H](n2cncn2)C1. The van der Waals surface area contributed by atoms with Gasteiger partial charge >= 0.3 is 0 Å². The Kier molecular flexibility index (Phi) is 3.95. The van der Waals surface area contributed by atoms with E-state index in [1.807, 2.05) is 33.8 Å². The molecule has 1 amide bonds. The summed E-state index contributed by atoms with van der Waals surface area (Å²) in [5.74, 6) is 1.56. The molecule has 3 heterocycles. The lowest BCUT2D eigenvalue weighted by Crippen LogP contribution is -2.48. The van der Waals surface area contributed by atoms with Crippen LogP contribution in [0.1, 0.15) is 18.9 Å². The molecule has 6 nitrogen and oxygen atoms in total. The van der Waals surface area contributed by atoms with Gasteiger partial charge in [0.15, 0.2) is 6.10 Å². The molecule has 23 heavy (non-hydrogen) atoms. The van der Waals surface area contributed by atoms with Crippen molar-refractivity contribution in [3.63, 3.8) is 0 Å². The lowest BCUT2D eigenvalue weighted by Gasteiger charge is -2.35. The van der Waals surface area contributed by atoms with Crippen molar-refractivity contribution in [1.82, 2.24) is 19.7 Å². The zero-order chi connectivity index (χ0) is 15.6. The molecule has 2 aliphatic heterocycles. The van der Waals surface area contributed by atoms with Crippen LogP contribution in [-0.4, -0.2) is 50.5 Å². The fourth-order valence-electron chi connectivity index (χ4n) is 3.12. The van der Waals surface area contributed by atoms with Crippen LogP contribution in [0.5, 0.6) is 5.75 Å². The van der Waals surface area contributed by atoms with Gasteiger partial charge in [-0.15, -0.1) is 11.8 Å². The molecule has 1 aromatic heterocycles. The van der Waals surface area contributed by atoms with Gasteiger partial charge in [-0.25, -0.2) is 9.67 Å². The number of amides is 1. The number of nitrogens with zero attached hydrogens (tertiary/aromatic N) is 4. The fraction of sp³-hybridized carbons (Fsp3) is 0.438. The van der Waals surface area contributed by atoms with Gasteiger partial charge in [0.2, 0.25) is 0 Å². The number of hydrogen-bond acceptors (Lipinski definition) is 5. The highest BCUT2D eigenvalue weighted by atomic mass is 32.2. The predicted octanol–water partition coefficient (Wildman–Crippen LogP) is 1.99. The zero-order valence-electron chi connectivity index (χ0n) is 12.7. The standard InChI is InChI=1S/C16H18N4O2S/c21-16(14-9-23-15-6-2-1-5-13(15)22-14)19-7-3-4-12(8-19)20-11-17-10-18-20/h1-2,5-6,10-12,14H,3-4,7-9H2/t12-,14+/m0/s1. The minimum Gasteiger partial charge on any atom is -0.479 e. The van der Waals surface area contributed by atoms with Gasteiger partial charge in [-0.05, 0) is 25.0 Å². The highest BCUT2D eigenvalue weighted by molar-refractivity contribution is 7.99. The first-order valence-electron chi connectivity index (χ1n) is 7.82. The van der Waals surface area contributed by atoms with E-state index in [0.29, 0.717) is 12.3 Å². The third-order valence-corrected chi connectivity index (χ3v) is 5.42. The maximum absolute atomic E-state index is 12.8. The van der Waals surface area contributed by atoms with Crippen LogP contribution >= 0.6 is 11.8 Å². The fourth-order valence-corrected chi connectivity index (χ4v) is 4.10. The molecule has 1 fully saturated rings. The van der Waals surface area contributed by atoms with Gasteiger partial charge in [0.1, 0.15) is 18.4 Å². The van der Waals surface area contributed by atoms with E-state index in [4.69, 9.17) is 4.74 Å². The molecule has 1 aromatic carbocycles. The summed E-state index contributed by atoms with van der Waals surface area (Å²) >= 11 is 1.69. The maximum atomic E-state index is 12.8. The molecule has 0 saturated carbocycles. The van der Waals surface area contributed by atoms with Gasteiger partial charge in [-0.2, -0.15) is 5.10 Å². The Morgan fingerprint density at radius 3 is 3.13 bits per heavy atom. The summed E-state index contributed by atoms with van der Waals surface area (Å²) < 4.78 is 7.78. The van der Waals surface area contributed by atoms with E-state index >= 15 is 0 Å². The Hall–Kier alpha value is -2.02. The topological polar surface area (TPSA) is 60.2 Å². The summed E-state index contributed by atoms with van der Waals surface area (Å²) in [6, 6.07) is 8.09.